The van der Waals surface area contributed by atoms with Crippen LogP contribution in [0.1, 0.15) is 5.56 Å². The lowest BCUT2D eigenvalue weighted by Crippen LogP contribution is -2.15. The summed E-state index contributed by atoms with van der Waals surface area (Å²) in [5, 5.41) is 3.86. The maximum Gasteiger partial charge on any atom is 0.325 e. The Morgan fingerprint density at radius 3 is 2.64 bits per heavy atom. The number of rotatable bonds is 2. The summed E-state index contributed by atoms with van der Waals surface area (Å²) in [6, 6.07) is 6.02. The zero-order valence-corrected chi connectivity index (χ0v) is 8.00. The number of aromatic nitrogens is 2. The second-order valence-electron chi connectivity index (χ2n) is 2.79. The largest absolute Gasteiger partial charge is 0.325 e. The first-order valence-electron chi connectivity index (χ1n) is 4.01. The molecule has 0 aliphatic rings. The van der Waals surface area contributed by atoms with Gasteiger partial charge in [-0.1, -0.05) is 23.5 Å². The van der Waals surface area contributed by atoms with E-state index in [-0.39, 0.29) is 10.7 Å². The van der Waals surface area contributed by atoms with Gasteiger partial charge >= 0.3 is 4.87 Å². The van der Waals surface area contributed by atoms with Gasteiger partial charge in [-0.05, 0) is 17.7 Å². The van der Waals surface area contributed by atoms with Crippen molar-refractivity contribution in [1.82, 2.24) is 9.78 Å². The van der Waals surface area contributed by atoms with E-state index in [9.17, 15) is 9.18 Å². The maximum atomic E-state index is 12.6. The molecular formula is C9H7FN2OS. The van der Waals surface area contributed by atoms with Crippen LogP contribution in [0.5, 0.6) is 0 Å². The predicted octanol–water partition coefficient (Wildman–Crippen LogP) is 1.49. The van der Waals surface area contributed by atoms with Crippen LogP contribution >= 0.6 is 11.3 Å². The fraction of sp³-hybridized carbons (Fsp3) is 0.111. The molecule has 0 saturated heterocycles. The summed E-state index contributed by atoms with van der Waals surface area (Å²) in [6.45, 7) is 0.391. The topological polar surface area (TPSA) is 34.9 Å². The third kappa shape index (κ3) is 1.88. The molecule has 5 heteroatoms. The van der Waals surface area contributed by atoms with Crippen LogP contribution < -0.4 is 4.87 Å². The van der Waals surface area contributed by atoms with Crippen molar-refractivity contribution < 1.29 is 4.39 Å². The van der Waals surface area contributed by atoms with Gasteiger partial charge in [0.1, 0.15) is 11.3 Å². The molecule has 0 radical (unpaired) electrons. The van der Waals surface area contributed by atoms with Gasteiger partial charge in [0.05, 0.1) is 6.54 Å². The summed E-state index contributed by atoms with van der Waals surface area (Å²) in [5.41, 5.74) is 2.35. The van der Waals surface area contributed by atoms with Gasteiger partial charge < -0.3 is 0 Å². The Bertz CT molecular complexity index is 474. The van der Waals surface area contributed by atoms with Crippen LogP contribution in [0.4, 0.5) is 4.39 Å². The Morgan fingerprint density at radius 2 is 2.07 bits per heavy atom. The average Bonchev–Trinajstić information content (AvgIpc) is 2.56. The molecule has 2 rings (SSSR count). The summed E-state index contributed by atoms with van der Waals surface area (Å²) in [7, 11) is 0. The minimum absolute atomic E-state index is 0.102. The predicted molar refractivity (Wildman–Crippen MR) is 51.9 cm³/mol. The highest BCUT2D eigenvalue weighted by Crippen LogP contribution is 2.03. The van der Waals surface area contributed by atoms with E-state index >= 15 is 0 Å². The van der Waals surface area contributed by atoms with E-state index in [1.54, 1.807) is 12.1 Å². The molecule has 0 atom stereocenters. The Labute approximate surface area is 83.4 Å². The van der Waals surface area contributed by atoms with E-state index in [4.69, 9.17) is 0 Å². The van der Waals surface area contributed by atoms with Gasteiger partial charge in [0.2, 0.25) is 0 Å². The third-order valence-corrected chi connectivity index (χ3v) is 2.41. The van der Waals surface area contributed by atoms with Gasteiger partial charge in [-0.3, -0.25) is 4.79 Å². The lowest BCUT2D eigenvalue weighted by atomic mass is 10.2. The van der Waals surface area contributed by atoms with Crippen molar-refractivity contribution in [2.45, 2.75) is 6.54 Å². The molecule has 0 aliphatic heterocycles. The fourth-order valence-corrected chi connectivity index (χ4v) is 1.59. The van der Waals surface area contributed by atoms with Gasteiger partial charge in [0.15, 0.2) is 0 Å². The van der Waals surface area contributed by atoms with E-state index in [2.05, 4.69) is 5.10 Å². The van der Waals surface area contributed by atoms with Crippen LogP contribution in [0.2, 0.25) is 0 Å². The van der Waals surface area contributed by atoms with Crippen molar-refractivity contribution in [3.8, 4) is 0 Å². The third-order valence-electron chi connectivity index (χ3n) is 1.80. The van der Waals surface area contributed by atoms with Crippen molar-refractivity contribution in [2.75, 3.05) is 0 Å². The number of benzene rings is 1. The zero-order chi connectivity index (χ0) is 9.97. The van der Waals surface area contributed by atoms with Gasteiger partial charge in [0.25, 0.3) is 0 Å². The molecule has 0 aliphatic carbocycles. The first-order valence-corrected chi connectivity index (χ1v) is 4.89. The van der Waals surface area contributed by atoms with Crippen molar-refractivity contribution in [2.24, 2.45) is 0 Å². The van der Waals surface area contributed by atoms with E-state index in [1.165, 1.54) is 22.3 Å². The molecule has 0 amide bonds. The Hall–Kier alpha value is -1.49. The van der Waals surface area contributed by atoms with Gasteiger partial charge in [-0.15, -0.1) is 0 Å². The van der Waals surface area contributed by atoms with Crippen LogP contribution in [0.3, 0.4) is 0 Å². The highest BCUT2D eigenvalue weighted by Gasteiger charge is 1.99. The maximum absolute atomic E-state index is 12.6. The zero-order valence-electron chi connectivity index (χ0n) is 7.18. The Kier molecular flexibility index (Phi) is 2.41. The van der Waals surface area contributed by atoms with Crippen molar-refractivity contribution in [3.05, 3.63) is 50.8 Å². The summed E-state index contributed by atoms with van der Waals surface area (Å²) in [6.07, 6.45) is 0. The average molecular weight is 210 g/mol. The molecule has 1 heterocycles. The molecule has 0 saturated carbocycles. The normalized spacial score (nSPS) is 10.4. The molecule has 0 fully saturated rings. The minimum atomic E-state index is -0.278. The van der Waals surface area contributed by atoms with Gasteiger partial charge in [-0.25, -0.2) is 9.07 Å². The number of nitrogens with zero attached hydrogens (tertiary/aromatic N) is 2. The van der Waals surface area contributed by atoms with Crippen molar-refractivity contribution >= 4 is 11.3 Å². The molecule has 3 nitrogen and oxygen atoms in total. The summed E-state index contributed by atoms with van der Waals surface area (Å²) >= 11 is 1.05. The molecule has 72 valence electrons. The fourth-order valence-electron chi connectivity index (χ4n) is 1.10. The molecule has 1 aromatic heterocycles. The van der Waals surface area contributed by atoms with E-state index in [0.717, 1.165) is 16.9 Å². The molecule has 0 spiro atoms. The molecule has 14 heavy (non-hydrogen) atoms. The molecule has 2 aromatic rings. The summed E-state index contributed by atoms with van der Waals surface area (Å²) < 4.78 is 13.9. The standard InChI is InChI=1S/C9H7FN2OS/c10-8-3-1-7(2-4-8)5-12-9(13)14-6-11-12/h1-4,6H,5H2. The van der Waals surface area contributed by atoms with E-state index in [0.29, 0.717) is 6.54 Å². The van der Waals surface area contributed by atoms with Crippen LogP contribution in [0, 0.1) is 5.82 Å². The highest BCUT2D eigenvalue weighted by atomic mass is 32.1. The van der Waals surface area contributed by atoms with Crippen LogP contribution in [0.15, 0.2) is 34.6 Å². The highest BCUT2D eigenvalue weighted by molar-refractivity contribution is 7.06. The SMILES string of the molecule is O=c1scnn1Cc1ccc(F)cc1. The van der Waals surface area contributed by atoms with Gasteiger partial charge in [0, 0.05) is 0 Å². The first kappa shape index (κ1) is 9.08. The summed E-state index contributed by atoms with van der Waals surface area (Å²) in [5.74, 6) is -0.278. The second-order valence-corrected chi connectivity index (χ2v) is 3.58. The van der Waals surface area contributed by atoms with Crippen LogP contribution in [-0.4, -0.2) is 9.78 Å². The van der Waals surface area contributed by atoms with Crippen LogP contribution in [-0.2, 0) is 6.54 Å². The molecule has 1 aromatic carbocycles. The number of hydrogen-bond donors (Lipinski definition) is 0. The molecular weight excluding hydrogens is 203 g/mol. The minimum Gasteiger partial charge on any atom is -0.255 e. The lowest BCUT2D eigenvalue weighted by Gasteiger charge is -1.99. The van der Waals surface area contributed by atoms with Crippen molar-refractivity contribution in [3.63, 3.8) is 0 Å². The molecule has 0 bridgehead atoms. The Morgan fingerprint density at radius 1 is 1.36 bits per heavy atom. The van der Waals surface area contributed by atoms with Gasteiger partial charge in [-0.2, -0.15) is 5.10 Å². The second kappa shape index (κ2) is 3.71. The molecule has 0 unspecified atom stereocenters. The monoisotopic (exact) mass is 210 g/mol. The van der Waals surface area contributed by atoms with Crippen LogP contribution in [0.25, 0.3) is 0 Å². The molecule has 0 N–H and O–H groups in total. The van der Waals surface area contributed by atoms with E-state index in [1.807, 2.05) is 0 Å². The Balaban J connectivity index is 2.23. The summed E-state index contributed by atoms with van der Waals surface area (Å²) in [4.78, 5) is 11.0. The van der Waals surface area contributed by atoms with E-state index < -0.39 is 0 Å². The van der Waals surface area contributed by atoms with Crippen molar-refractivity contribution in [1.29, 1.82) is 0 Å². The quantitative estimate of drug-likeness (QED) is 0.752. The number of hydrogen-bond acceptors (Lipinski definition) is 3. The number of halogens is 1. The smallest absolute Gasteiger partial charge is 0.255 e. The first-order chi connectivity index (χ1) is 6.75. The lowest BCUT2D eigenvalue weighted by molar-refractivity contribution is 0.623.